The predicted molar refractivity (Wildman–Crippen MR) is 77.5 cm³/mol. The zero-order valence-corrected chi connectivity index (χ0v) is 11.7. The van der Waals surface area contributed by atoms with Gasteiger partial charge in [0.05, 0.1) is 23.9 Å². The van der Waals surface area contributed by atoms with Gasteiger partial charge in [0, 0.05) is 30.4 Å². The van der Waals surface area contributed by atoms with Gasteiger partial charge >= 0.3 is 0 Å². The maximum absolute atomic E-state index is 8.98. The molecule has 104 valence electrons. The van der Waals surface area contributed by atoms with E-state index in [4.69, 9.17) is 16.7 Å². The third-order valence-corrected chi connectivity index (χ3v) is 3.22. The first kappa shape index (κ1) is 13.0. The number of fused-ring (bicyclic) bond motifs is 1. The van der Waals surface area contributed by atoms with E-state index in [-0.39, 0.29) is 6.61 Å². The summed E-state index contributed by atoms with van der Waals surface area (Å²) in [5, 5.41) is 17.2. The second-order valence-corrected chi connectivity index (χ2v) is 4.91. The molecular formula is C13H14ClN5O. The SMILES string of the molecule is Cc1cc(Nc2cc(Cl)cn3ccnc23)nn1CCO. The molecule has 0 radical (unpaired) electrons. The molecule has 7 heteroatoms. The minimum atomic E-state index is 0.0592. The lowest BCUT2D eigenvalue weighted by atomic mass is 10.4. The predicted octanol–water partition coefficient (Wildman–Crippen LogP) is 2.23. The van der Waals surface area contributed by atoms with Crippen molar-refractivity contribution in [2.24, 2.45) is 0 Å². The summed E-state index contributed by atoms with van der Waals surface area (Å²) >= 11 is 6.09. The molecular weight excluding hydrogens is 278 g/mol. The number of hydrogen-bond donors (Lipinski definition) is 2. The van der Waals surface area contributed by atoms with Gasteiger partial charge in [-0.3, -0.25) is 4.68 Å². The number of rotatable bonds is 4. The summed E-state index contributed by atoms with van der Waals surface area (Å²) in [4.78, 5) is 4.29. The summed E-state index contributed by atoms with van der Waals surface area (Å²) in [6.07, 6.45) is 5.35. The fraction of sp³-hybridized carbons (Fsp3) is 0.231. The van der Waals surface area contributed by atoms with Crippen LogP contribution >= 0.6 is 11.6 Å². The maximum Gasteiger partial charge on any atom is 0.160 e. The van der Waals surface area contributed by atoms with Crippen molar-refractivity contribution in [3.8, 4) is 0 Å². The molecule has 0 aliphatic rings. The molecule has 0 aliphatic carbocycles. The van der Waals surface area contributed by atoms with Crippen molar-refractivity contribution in [2.45, 2.75) is 13.5 Å². The first-order valence-corrected chi connectivity index (χ1v) is 6.60. The van der Waals surface area contributed by atoms with Crippen molar-refractivity contribution in [1.82, 2.24) is 19.2 Å². The van der Waals surface area contributed by atoms with E-state index in [1.807, 2.05) is 29.7 Å². The number of aliphatic hydroxyl groups is 1. The van der Waals surface area contributed by atoms with E-state index in [2.05, 4.69) is 15.4 Å². The lowest BCUT2D eigenvalue weighted by molar-refractivity contribution is 0.268. The highest BCUT2D eigenvalue weighted by molar-refractivity contribution is 6.30. The van der Waals surface area contributed by atoms with Gasteiger partial charge < -0.3 is 14.8 Å². The molecule has 0 bridgehead atoms. The lowest BCUT2D eigenvalue weighted by Crippen LogP contribution is -2.06. The lowest BCUT2D eigenvalue weighted by Gasteiger charge is -2.06. The van der Waals surface area contributed by atoms with Gasteiger partial charge in [-0.15, -0.1) is 0 Å². The fourth-order valence-corrected chi connectivity index (χ4v) is 2.33. The van der Waals surface area contributed by atoms with Crippen LogP contribution in [0.1, 0.15) is 5.69 Å². The Kier molecular flexibility index (Phi) is 3.33. The third-order valence-electron chi connectivity index (χ3n) is 3.01. The second-order valence-electron chi connectivity index (χ2n) is 4.47. The van der Waals surface area contributed by atoms with Crippen molar-refractivity contribution >= 4 is 28.8 Å². The van der Waals surface area contributed by atoms with Crippen LogP contribution in [0.4, 0.5) is 11.5 Å². The maximum atomic E-state index is 8.98. The standard InChI is InChI=1S/C13H14ClN5O/c1-9-6-12(17-19(9)4-5-20)16-11-7-10(14)8-18-3-2-15-13(11)18/h2-3,6-8,20H,4-5H2,1H3,(H,16,17). The van der Waals surface area contributed by atoms with Crippen LogP contribution in [0, 0.1) is 6.92 Å². The molecule has 0 saturated carbocycles. The Morgan fingerprint density at radius 1 is 1.40 bits per heavy atom. The molecule has 0 aliphatic heterocycles. The molecule has 0 aromatic carbocycles. The van der Waals surface area contributed by atoms with E-state index in [1.165, 1.54) is 0 Å². The smallest absolute Gasteiger partial charge is 0.160 e. The largest absolute Gasteiger partial charge is 0.394 e. The average molecular weight is 292 g/mol. The molecule has 3 aromatic heterocycles. The number of halogens is 1. The van der Waals surface area contributed by atoms with Crippen LogP contribution in [0.2, 0.25) is 5.02 Å². The van der Waals surface area contributed by atoms with E-state index in [0.29, 0.717) is 17.4 Å². The number of imidazole rings is 1. The molecule has 3 heterocycles. The number of hydrogen-bond acceptors (Lipinski definition) is 4. The molecule has 20 heavy (non-hydrogen) atoms. The molecule has 0 fully saturated rings. The van der Waals surface area contributed by atoms with Gasteiger partial charge in [0.25, 0.3) is 0 Å². The summed E-state index contributed by atoms with van der Waals surface area (Å²) in [7, 11) is 0. The van der Waals surface area contributed by atoms with Crippen LogP contribution in [0.15, 0.2) is 30.7 Å². The van der Waals surface area contributed by atoms with E-state index >= 15 is 0 Å². The molecule has 0 amide bonds. The van der Waals surface area contributed by atoms with E-state index in [9.17, 15) is 0 Å². The van der Waals surface area contributed by atoms with E-state index in [1.54, 1.807) is 17.1 Å². The summed E-state index contributed by atoms with van der Waals surface area (Å²) in [5.74, 6) is 0.697. The summed E-state index contributed by atoms with van der Waals surface area (Å²) < 4.78 is 3.60. The highest BCUT2D eigenvalue weighted by Gasteiger charge is 2.08. The zero-order chi connectivity index (χ0) is 14.1. The molecule has 6 nitrogen and oxygen atoms in total. The normalized spacial score (nSPS) is 11.2. The quantitative estimate of drug-likeness (QED) is 0.773. The molecule has 3 aromatic rings. The van der Waals surface area contributed by atoms with Gasteiger partial charge in [-0.25, -0.2) is 4.98 Å². The van der Waals surface area contributed by atoms with E-state index < -0.39 is 0 Å². The molecule has 0 saturated heterocycles. The van der Waals surface area contributed by atoms with Gasteiger partial charge in [0.15, 0.2) is 11.5 Å². The Bertz CT molecular complexity index is 748. The first-order valence-electron chi connectivity index (χ1n) is 6.22. The Morgan fingerprint density at radius 2 is 2.25 bits per heavy atom. The molecule has 0 unspecified atom stereocenters. The van der Waals surface area contributed by atoms with Crippen LogP contribution in [0.3, 0.4) is 0 Å². The van der Waals surface area contributed by atoms with Crippen molar-refractivity contribution in [3.63, 3.8) is 0 Å². The van der Waals surface area contributed by atoms with Crippen molar-refractivity contribution in [1.29, 1.82) is 0 Å². The average Bonchev–Trinajstić information content (AvgIpc) is 2.97. The van der Waals surface area contributed by atoms with Crippen LogP contribution in [0.5, 0.6) is 0 Å². The van der Waals surface area contributed by atoms with Crippen molar-refractivity contribution in [3.05, 3.63) is 41.4 Å². The number of nitrogens with zero attached hydrogens (tertiary/aromatic N) is 4. The summed E-state index contributed by atoms with van der Waals surface area (Å²) in [6.45, 7) is 2.47. The Balaban J connectivity index is 1.96. The zero-order valence-electron chi connectivity index (χ0n) is 10.9. The fourth-order valence-electron chi connectivity index (χ4n) is 2.12. The minimum Gasteiger partial charge on any atom is -0.394 e. The number of anilines is 2. The second kappa shape index (κ2) is 5.15. The van der Waals surface area contributed by atoms with Crippen LogP contribution in [-0.2, 0) is 6.54 Å². The number of nitrogens with one attached hydrogen (secondary N) is 1. The van der Waals surface area contributed by atoms with Crippen molar-refractivity contribution in [2.75, 3.05) is 11.9 Å². The Hall–Kier alpha value is -2.05. The van der Waals surface area contributed by atoms with Gasteiger partial charge in [-0.05, 0) is 13.0 Å². The van der Waals surface area contributed by atoms with Crippen LogP contribution < -0.4 is 5.32 Å². The minimum absolute atomic E-state index is 0.0592. The van der Waals surface area contributed by atoms with Gasteiger partial charge in [-0.2, -0.15) is 5.10 Å². The monoisotopic (exact) mass is 291 g/mol. The van der Waals surface area contributed by atoms with Gasteiger partial charge in [0.2, 0.25) is 0 Å². The molecule has 0 atom stereocenters. The third kappa shape index (κ3) is 2.35. The number of aliphatic hydroxyl groups excluding tert-OH is 1. The van der Waals surface area contributed by atoms with Gasteiger partial charge in [0.1, 0.15) is 0 Å². The first-order chi connectivity index (χ1) is 9.67. The molecule has 2 N–H and O–H groups in total. The van der Waals surface area contributed by atoms with E-state index in [0.717, 1.165) is 17.0 Å². The Labute approximate surface area is 120 Å². The molecule has 3 rings (SSSR count). The Morgan fingerprint density at radius 3 is 3.05 bits per heavy atom. The molecule has 0 spiro atoms. The summed E-state index contributed by atoms with van der Waals surface area (Å²) in [6, 6.07) is 3.72. The number of aryl methyl sites for hydroxylation is 1. The topological polar surface area (TPSA) is 67.4 Å². The highest BCUT2D eigenvalue weighted by Crippen LogP contribution is 2.24. The summed E-state index contributed by atoms with van der Waals surface area (Å²) in [5.41, 5.74) is 2.54. The van der Waals surface area contributed by atoms with Gasteiger partial charge in [-0.1, -0.05) is 11.6 Å². The highest BCUT2D eigenvalue weighted by atomic mass is 35.5. The van der Waals surface area contributed by atoms with Crippen molar-refractivity contribution < 1.29 is 5.11 Å². The number of aromatic nitrogens is 4. The number of pyridine rings is 1. The van der Waals surface area contributed by atoms with Crippen LogP contribution in [0.25, 0.3) is 5.65 Å². The van der Waals surface area contributed by atoms with Crippen LogP contribution in [-0.4, -0.2) is 30.9 Å².